The molecular formula is C27H28N6OS. The zero-order chi connectivity index (χ0) is 24.2. The van der Waals surface area contributed by atoms with Gasteiger partial charge in [-0.1, -0.05) is 60.2 Å². The Morgan fingerprint density at radius 1 is 0.943 bits per heavy atom. The van der Waals surface area contributed by atoms with Gasteiger partial charge < -0.3 is 4.74 Å². The minimum Gasteiger partial charge on any atom is -0.497 e. The zero-order valence-corrected chi connectivity index (χ0v) is 20.8. The van der Waals surface area contributed by atoms with Crippen molar-refractivity contribution < 1.29 is 4.74 Å². The van der Waals surface area contributed by atoms with Crippen LogP contribution in [0.5, 0.6) is 5.75 Å². The van der Waals surface area contributed by atoms with Crippen molar-refractivity contribution >= 4 is 17.6 Å². The molecule has 4 aromatic rings. The second-order valence-corrected chi connectivity index (χ2v) is 9.40. The topological polar surface area (TPSA) is 66.7 Å². The summed E-state index contributed by atoms with van der Waals surface area (Å²) in [6, 6.07) is 25.0. The molecule has 3 aromatic carbocycles. The second-order valence-electron chi connectivity index (χ2n) is 8.43. The largest absolute Gasteiger partial charge is 0.497 e. The van der Waals surface area contributed by atoms with E-state index in [1.165, 1.54) is 16.7 Å². The number of nitrogens with zero attached hydrogens (tertiary/aromatic N) is 4. The van der Waals surface area contributed by atoms with Gasteiger partial charge in [0.25, 0.3) is 0 Å². The third-order valence-corrected chi connectivity index (χ3v) is 7.01. The van der Waals surface area contributed by atoms with Crippen molar-refractivity contribution in [2.45, 2.75) is 31.2 Å². The van der Waals surface area contributed by atoms with E-state index in [0.717, 1.165) is 39.2 Å². The maximum atomic E-state index is 5.29. The lowest BCUT2D eigenvalue weighted by molar-refractivity contribution is 0.287. The predicted molar refractivity (Wildman–Crippen MR) is 140 cm³/mol. The molecule has 0 unspecified atom stereocenters. The summed E-state index contributed by atoms with van der Waals surface area (Å²) in [6.45, 7) is 4.87. The fourth-order valence-electron chi connectivity index (χ4n) is 4.06. The lowest BCUT2D eigenvalue weighted by Gasteiger charge is -2.19. The highest BCUT2D eigenvalue weighted by atomic mass is 32.2. The Bertz CT molecular complexity index is 1330. The normalized spacial score (nSPS) is 13.0. The summed E-state index contributed by atoms with van der Waals surface area (Å²) in [5, 5.41) is 12.4. The van der Waals surface area contributed by atoms with Crippen molar-refractivity contribution in [2.24, 2.45) is 5.10 Å². The first-order valence-electron chi connectivity index (χ1n) is 11.4. The van der Waals surface area contributed by atoms with Crippen LogP contribution in [0, 0.1) is 13.8 Å². The fourth-order valence-corrected chi connectivity index (χ4v) is 5.12. The van der Waals surface area contributed by atoms with Crippen molar-refractivity contribution in [2.75, 3.05) is 7.11 Å². The van der Waals surface area contributed by atoms with Crippen LogP contribution in [0.2, 0.25) is 0 Å². The number of aromatic nitrogens is 2. The summed E-state index contributed by atoms with van der Waals surface area (Å²) in [5.41, 5.74) is 12.9. The molecule has 0 aliphatic carbocycles. The number of rotatable bonds is 8. The Hall–Kier alpha value is -3.75. The molecule has 1 aliphatic heterocycles. The minimum atomic E-state index is 0.632. The molecule has 0 spiro atoms. The van der Waals surface area contributed by atoms with E-state index in [9.17, 15) is 0 Å². The molecule has 178 valence electrons. The third kappa shape index (κ3) is 5.03. The number of hydrogen-bond donors (Lipinski definition) is 2. The molecule has 0 amide bonds. The van der Waals surface area contributed by atoms with Gasteiger partial charge in [0.2, 0.25) is 0 Å². The molecule has 0 radical (unpaired) electrons. The fraction of sp³-hybridized carbons (Fsp3) is 0.185. The van der Waals surface area contributed by atoms with Crippen LogP contribution in [0.1, 0.15) is 27.8 Å². The molecule has 2 N–H and O–H groups in total. The average Bonchev–Trinajstić information content (AvgIpc) is 3.50. The Labute approximate surface area is 209 Å². The number of methoxy groups -OCH3 is 1. The van der Waals surface area contributed by atoms with Gasteiger partial charge in [0.1, 0.15) is 10.8 Å². The van der Waals surface area contributed by atoms with E-state index in [-0.39, 0.29) is 0 Å². The van der Waals surface area contributed by atoms with Gasteiger partial charge in [-0.25, -0.2) is 10.2 Å². The SMILES string of the molecule is COc1ccc(CN2NNN=C2c2cnn(-c3ccc(C)cc3C)c2SCc2ccccc2)cc1. The molecule has 8 heteroatoms. The van der Waals surface area contributed by atoms with Gasteiger partial charge in [-0.3, -0.25) is 5.01 Å². The van der Waals surface area contributed by atoms with Crippen LogP contribution in [0.3, 0.4) is 0 Å². The number of benzene rings is 3. The van der Waals surface area contributed by atoms with Crippen LogP contribution < -0.4 is 15.8 Å². The molecule has 7 nitrogen and oxygen atoms in total. The van der Waals surface area contributed by atoms with E-state index in [1.807, 2.05) is 34.1 Å². The quantitative estimate of drug-likeness (QED) is 0.344. The van der Waals surface area contributed by atoms with E-state index >= 15 is 0 Å². The molecule has 0 atom stereocenters. The van der Waals surface area contributed by atoms with E-state index in [0.29, 0.717) is 6.54 Å². The number of hydrazone groups is 1. The van der Waals surface area contributed by atoms with Gasteiger partial charge in [0.05, 0.1) is 31.1 Å². The van der Waals surface area contributed by atoms with E-state index in [1.54, 1.807) is 18.9 Å². The van der Waals surface area contributed by atoms with E-state index < -0.39 is 0 Å². The first-order chi connectivity index (χ1) is 17.1. The Kier molecular flexibility index (Phi) is 6.74. The summed E-state index contributed by atoms with van der Waals surface area (Å²) in [6.07, 6.45) is 1.90. The standard InChI is InChI=1S/C27H28N6OS/c1-19-9-14-25(20(2)15-19)33-27(35-18-22-7-5-4-6-8-22)24(16-28-33)26-29-30-31-32(26)17-21-10-12-23(34-3)13-11-21/h4-16,30-31H,17-18H2,1-3H3. The first kappa shape index (κ1) is 23.0. The third-order valence-electron chi connectivity index (χ3n) is 5.87. The molecule has 0 saturated carbocycles. The Balaban J connectivity index is 1.48. The summed E-state index contributed by atoms with van der Waals surface area (Å²) in [4.78, 5) is 0. The molecule has 1 aliphatic rings. The number of hydrogen-bond acceptors (Lipinski definition) is 7. The van der Waals surface area contributed by atoms with Gasteiger partial charge in [-0.05, 0) is 48.7 Å². The first-order valence-corrected chi connectivity index (χ1v) is 12.4. The van der Waals surface area contributed by atoms with Crippen LogP contribution in [0.25, 0.3) is 5.69 Å². The summed E-state index contributed by atoms with van der Waals surface area (Å²) < 4.78 is 7.32. The molecule has 1 aromatic heterocycles. The zero-order valence-electron chi connectivity index (χ0n) is 20.0. The lowest BCUT2D eigenvalue weighted by Crippen LogP contribution is -2.40. The van der Waals surface area contributed by atoms with Gasteiger partial charge in [-0.15, -0.1) is 22.4 Å². The van der Waals surface area contributed by atoms with Crippen LogP contribution in [0.15, 0.2) is 89.1 Å². The van der Waals surface area contributed by atoms with Crippen LogP contribution in [-0.4, -0.2) is 27.7 Å². The summed E-state index contributed by atoms with van der Waals surface area (Å²) >= 11 is 1.76. The van der Waals surface area contributed by atoms with Gasteiger partial charge >= 0.3 is 0 Å². The number of aryl methyl sites for hydroxylation is 2. The average molecular weight is 485 g/mol. The second kappa shape index (κ2) is 10.2. The lowest BCUT2D eigenvalue weighted by atomic mass is 10.1. The number of amidine groups is 1. The maximum absolute atomic E-state index is 5.29. The molecule has 5 rings (SSSR count). The molecule has 0 bridgehead atoms. The Morgan fingerprint density at radius 3 is 2.49 bits per heavy atom. The smallest absolute Gasteiger partial charge is 0.177 e. The highest BCUT2D eigenvalue weighted by Gasteiger charge is 2.26. The van der Waals surface area contributed by atoms with E-state index in [2.05, 4.69) is 84.6 Å². The van der Waals surface area contributed by atoms with Crippen LogP contribution in [0.4, 0.5) is 0 Å². The van der Waals surface area contributed by atoms with E-state index in [4.69, 9.17) is 9.84 Å². The molecular weight excluding hydrogens is 456 g/mol. The van der Waals surface area contributed by atoms with Crippen LogP contribution in [-0.2, 0) is 12.3 Å². The van der Waals surface area contributed by atoms with Crippen molar-refractivity contribution in [3.8, 4) is 11.4 Å². The highest BCUT2D eigenvalue weighted by molar-refractivity contribution is 7.98. The molecule has 35 heavy (non-hydrogen) atoms. The number of nitrogens with one attached hydrogen (secondary N) is 2. The van der Waals surface area contributed by atoms with Gasteiger partial charge in [0.15, 0.2) is 5.84 Å². The highest BCUT2D eigenvalue weighted by Crippen LogP contribution is 2.31. The van der Waals surface area contributed by atoms with Crippen LogP contribution >= 0.6 is 11.8 Å². The Morgan fingerprint density at radius 2 is 1.74 bits per heavy atom. The summed E-state index contributed by atoms with van der Waals surface area (Å²) in [7, 11) is 1.67. The number of ether oxygens (including phenoxy) is 1. The number of thioether (sulfide) groups is 1. The molecule has 0 fully saturated rings. The van der Waals surface area contributed by atoms with Crippen molar-refractivity contribution in [1.82, 2.24) is 25.9 Å². The van der Waals surface area contributed by atoms with Gasteiger partial charge in [0, 0.05) is 5.75 Å². The van der Waals surface area contributed by atoms with Gasteiger partial charge in [-0.2, -0.15) is 5.10 Å². The van der Waals surface area contributed by atoms with Crippen molar-refractivity contribution in [3.05, 3.63) is 107 Å². The molecule has 0 saturated heterocycles. The minimum absolute atomic E-state index is 0.632. The van der Waals surface area contributed by atoms with Crippen molar-refractivity contribution in [1.29, 1.82) is 0 Å². The van der Waals surface area contributed by atoms with Crippen molar-refractivity contribution in [3.63, 3.8) is 0 Å². The monoisotopic (exact) mass is 484 g/mol. The summed E-state index contributed by atoms with van der Waals surface area (Å²) in [5.74, 6) is 2.47. The molecule has 2 heterocycles. The number of hydrazine groups is 2. The predicted octanol–water partition coefficient (Wildman–Crippen LogP) is 4.98. The maximum Gasteiger partial charge on any atom is 0.177 e.